The predicted molar refractivity (Wildman–Crippen MR) is 26.4 cm³/mol. The number of hydrogen-bond acceptors (Lipinski definition) is 4. The number of nitrogens with two attached hydrogens (primary N) is 2. The summed E-state index contributed by atoms with van der Waals surface area (Å²) >= 11 is 4.09. The van der Waals surface area contributed by atoms with Crippen LogP contribution < -0.4 is 21.7 Å². The largest absolute Gasteiger partial charge is 2.00 e. The zero-order chi connectivity index (χ0) is 7.15. The Morgan fingerprint density at radius 3 is 1.33 bits per heavy atom. The van der Waals surface area contributed by atoms with Gasteiger partial charge in [0, 0.05) is 0 Å². The van der Waals surface area contributed by atoms with Crippen LogP contribution >= 0.6 is 12.2 Å². The van der Waals surface area contributed by atoms with E-state index in [1.165, 1.54) is 0 Å². The molecule has 0 amide bonds. The SMILES string of the molecule is NC(N)=S.O=C([O-])[O-].[Zn+2]. The molecule has 4 N–H and O–H groups in total. The molecule has 0 fully saturated rings. The summed E-state index contributed by atoms with van der Waals surface area (Å²) in [4.78, 5) is 8.33. The second-order valence-electron chi connectivity index (χ2n) is 0.652. The van der Waals surface area contributed by atoms with Crippen molar-refractivity contribution in [1.82, 2.24) is 0 Å². The van der Waals surface area contributed by atoms with Crippen molar-refractivity contribution < 1.29 is 34.5 Å². The molecule has 0 aliphatic rings. The molecule has 0 aliphatic carbocycles. The van der Waals surface area contributed by atoms with Crippen LogP contribution in [0.1, 0.15) is 0 Å². The van der Waals surface area contributed by atoms with Crippen LogP contribution in [0.25, 0.3) is 0 Å². The van der Waals surface area contributed by atoms with Gasteiger partial charge in [-0.05, 0) is 18.4 Å². The smallest absolute Gasteiger partial charge is 0.652 e. The molecule has 0 heterocycles. The van der Waals surface area contributed by atoms with Gasteiger partial charge in [0.15, 0.2) is 5.11 Å². The maximum Gasteiger partial charge on any atom is 2.00 e. The van der Waals surface area contributed by atoms with E-state index in [1.807, 2.05) is 0 Å². The molecule has 0 unspecified atom stereocenters. The molecule has 9 heavy (non-hydrogen) atoms. The molecule has 0 aromatic rings. The molecule has 0 bridgehead atoms. The van der Waals surface area contributed by atoms with Crippen LogP contribution in [-0.2, 0) is 19.5 Å². The van der Waals surface area contributed by atoms with Crippen LogP contribution in [0.15, 0.2) is 0 Å². The summed E-state index contributed by atoms with van der Waals surface area (Å²) in [6, 6.07) is 0. The van der Waals surface area contributed by atoms with Crippen LogP contribution in [0.2, 0.25) is 0 Å². The van der Waals surface area contributed by atoms with Gasteiger partial charge in [-0.15, -0.1) is 0 Å². The van der Waals surface area contributed by atoms with Crippen molar-refractivity contribution >= 4 is 23.5 Å². The molecule has 0 rings (SSSR count). The molecule has 48 valence electrons. The Balaban J connectivity index is -0.0000000720. The third-order valence-corrected chi connectivity index (χ3v) is 0. The van der Waals surface area contributed by atoms with Gasteiger partial charge in [-0.3, -0.25) is 0 Å². The molecule has 0 radical (unpaired) electrons. The van der Waals surface area contributed by atoms with Gasteiger partial charge in [-0.2, -0.15) is 0 Å². The van der Waals surface area contributed by atoms with E-state index in [0.29, 0.717) is 0 Å². The van der Waals surface area contributed by atoms with Gasteiger partial charge in [0.2, 0.25) is 0 Å². The Morgan fingerprint density at radius 2 is 1.33 bits per heavy atom. The first kappa shape index (κ1) is 15.8. The monoisotopic (exact) mass is 200 g/mol. The van der Waals surface area contributed by atoms with Crippen molar-refractivity contribution in [2.75, 3.05) is 0 Å². The molecule has 0 spiro atoms. The van der Waals surface area contributed by atoms with Gasteiger partial charge in [0.1, 0.15) is 0 Å². The molecule has 0 saturated carbocycles. The average Bonchev–Trinajstić information content (AvgIpc) is 1.25. The van der Waals surface area contributed by atoms with Crippen molar-refractivity contribution in [1.29, 1.82) is 0 Å². The summed E-state index contributed by atoms with van der Waals surface area (Å²) in [6.07, 6.45) is -2.33. The first-order chi connectivity index (χ1) is 3.46. The number of rotatable bonds is 0. The minimum Gasteiger partial charge on any atom is -0.652 e. The van der Waals surface area contributed by atoms with Crippen molar-refractivity contribution in [3.05, 3.63) is 0 Å². The number of carboxylic acid groups (broad SMARTS) is 2. The van der Waals surface area contributed by atoms with Crippen molar-refractivity contribution in [3.63, 3.8) is 0 Å². The zero-order valence-electron chi connectivity index (χ0n) is 4.49. The third-order valence-electron chi connectivity index (χ3n) is 0. The topological polar surface area (TPSA) is 115 Å². The summed E-state index contributed by atoms with van der Waals surface area (Å²) in [6.45, 7) is 0. The fraction of sp³-hybridized carbons (Fsp3) is 0. The van der Waals surface area contributed by atoms with Crippen molar-refractivity contribution in [2.24, 2.45) is 11.5 Å². The maximum absolute atomic E-state index is 8.33. The van der Waals surface area contributed by atoms with E-state index in [1.54, 1.807) is 0 Å². The van der Waals surface area contributed by atoms with E-state index in [-0.39, 0.29) is 24.6 Å². The molecule has 0 aromatic carbocycles. The summed E-state index contributed by atoms with van der Waals surface area (Å²) in [5, 5.41) is 16.7. The Morgan fingerprint density at radius 1 is 1.33 bits per heavy atom. The summed E-state index contributed by atoms with van der Waals surface area (Å²) < 4.78 is 0. The van der Waals surface area contributed by atoms with E-state index >= 15 is 0 Å². The van der Waals surface area contributed by atoms with Gasteiger partial charge in [-0.1, -0.05) is 0 Å². The molecular weight excluding hydrogens is 197 g/mol. The van der Waals surface area contributed by atoms with Gasteiger partial charge in [-0.25, -0.2) is 0 Å². The molecule has 7 heteroatoms. The van der Waals surface area contributed by atoms with E-state index in [9.17, 15) is 0 Å². The van der Waals surface area contributed by atoms with Gasteiger partial charge < -0.3 is 26.5 Å². The Labute approximate surface area is 69.8 Å². The van der Waals surface area contributed by atoms with E-state index < -0.39 is 6.16 Å². The Hall–Kier alpha value is -0.417. The minimum atomic E-state index is -2.33. The zero-order valence-corrected chi connectivity index (χ0v) is 8.28. The first-order valence-corrected chi connectivity index (χ1v) is 1.80. The van der Waals surface area contributed by atoms with E-state index in [4.69, 9.17) is 15.0 Å². The number of thiocarbonyl (C=S) groups is 1. The summed E-state index contributed by atoms with van der Waals surface area (Å²) in [7, 11) is 0. The number of carbonyl (C=O) groups is 1. The number of hydrogen-bond donors (Lipinski definition) is 2. The third kappa shape index (κ3) is 1360. The van der Waals surface area contributed by atoms with Gasteiger partial charge in [0.05, 0.1) is 0 Å². The molecule has 0 aliphatic heterocycles. The van der Waals surface area contributed by atoms with Crippen molar-refractivity contribution in [2.45, 2.75) is 0 Å². The van der Waals surface area contributed by atoms with Crippen molar-refractivity contribution in [3.8, 4) is 0 Å². The molecule has 0 atom stereocenters. The van der Waals surface area contributed by atoms with Crippen LogP contribution in [0.4, 0.5) is 4.79 Å². The molecule has 0 saturated heterocycles. The summed E-state index contributed by atoms with van der Waals surface area (Å²) in [5.74, 6) is 0. The van der Waals surface area contributed by atoms with E-state index in [0.717, 1.165) is 0 Å². The number of carbonyl (C=O) groups excluding carboxylic acids is 1. The second-order valence-corrected chi connectivity index (χ2v) is 1.12. The quantitative estimate of drug-likeness (QED) is 0.314. The average molecular weight is 202 g/mol. The standard InChI is InChI=1S/CH4N2S.CH2O3.Zn/c2*2-1(3)4;/h(H4,2,3,4);(H2,2,3,4);/q;;+2/p-2. The van der Waals surface area contributed by atoms with Gasteiger partial charge >= 0.3 is 19.5 Å². The molecular formula is C2H4N2O3SZn. The maximum atomic E-state index is 8.33. The first-order valence-electron chi connectivity index (χ1n) is 1.39. The van der Waals surface area contributed by atoms with Gasteiger partial charge in [0.25, 0.3) is 0 Å². The minimum absolute atomic E-state index is 0. The van der Waals surface area contributed by atoms with E-state index in [2.05, 4.69) is 23.7 Å². The molecule has 0 aromatic heterocycles. The van der Waals surface area contributed by atoms with Crippen LogP contribution in [0.3, 0.4) is 0 Å². The predicted octanol–water partition coefficient (Wildman–Crippen LogP) is -3.26. The van der Waals surface area contributed by atoms with Crippen LogP contribution in [-0.4, -0.2) is 11.3 Å². The fourth-order valence-electron chi connectivity index (χ4n) is 0. The Kier molecular flexibility index (Phi) is 18.5. The van der Waals surface area contributed by atoms with Crippen LogP contribution in [0.5, 0.6) is 0 Å². The molecule has 5 nitrogen and oxygen atoms in total. The second kappa shape index (κ2) is 10.5. The summed E-state index contributed by atoms with van der Waals surface area (Å²) in [5.41, 5.74) is 9.24. The van der Waals surface area contributed by atoms with Crippen LogP contribution in [0, 0.1) is 0 Å². The normalized spacial score (nSPS) is 5.33. The Bertz CT molecular complexity index is 77.8. The fourth-order valence-corrected chi connectivity index (χ4v) is 0.